The molecule has 3 fully saturated rings. The quantitative estimate of drug-likeness (QED) is 0.352. The third kappa shape index (κ3) is 8.73. The molecule has 1 amide bonds. The minimum Gasteiger partial charge on any atom is -0.463 e. The van der Waals surface area contributed by atoms with Gasteiger partial charge in [0.2, 0.25) is 5.91 Å². The lowest BCUT2D eigenvalue weighted by Crippen LogP contribution is -2.59. The van der Waals surface area contributed by atoms with Crippen LogP contribution in [0.1, 0.15) is 72.8 Å². The zero-order valence-corrected chi connectivity index (χ0v) is 31.4. The van der Waals surface area contributed by atoms with Crippen molar-refractivity contribution < 1.29 is 38.4 Å². The van der Waals surface area contributed by atoms with Gasteiger partial charge in [-0.2, -0.15) is 0 Å². The van der Waals surface area contributed by atoms with Gasteiger partial charge >= 0.3 is 5.97 Å². The van der Waals surface area contributed by atoms with Crippen LogP contribution in [0.15, 0.2) is 30.3 Å². The van der Waals surface area contributed by atoms with Gasteiger partial charge in [-0.15, -0.1) is 0 Å². The average molecular weight is 688 g/mol. The molecule has 49 heavy (non-hydrogen) atoms. The number of carbonyl (C=O) groups is 3. The SMILES string of the molecule is CO[C@]1(C)C[C@@H](C)CN(C)C2(CCN(C(=O)Cc3ccccc3)CC2)COC(=O)C(C)(C)C(=O)[C@H](C)[C@H]1O[C@@H]1O[C@H](C)C[C@H](N(C)C)[C@H]1O. The van der Waals surface area contributed by atoms with E-state index in [1.807, 2.05) is 68.1 Å². The number of benzene rings is 1. The van der Waals surface area contributed by atoms with E-state index in [1.54, 1.807) is 27.9 Å². The number of Topliss-reactive ketones (excluding diaryl/α,β-unsaturated/α-hetero) is 1. The van der Waals surface area contributed by atoms with Crippen molar-refractivity contribution in [2.24, 2.45) is 17.3 Å². The van der Waals surface area contributed by atoms with E-state index in [9.17, 15) is 19.5 Å². The van der Waals surface area contributed by atoms with Crippen molar-refractivity contribution in [2.45, 2.75) is 115 Å². The molecular formula is C38H61N3O8. The zero-order valence-electron chi connectivity index (χ0n) is 31.4. The van der Waals surface area contributed by atoms with Gasteiger partial charge in [0.15, 0.2) is 12.1 Å². The van der Waals surface area contributed by atoms with E-state index < -0.39 is 46.9 Å². The summed E-state index contributed by atoms with van der Waals surface area (Å²) in [5.74, 6) is -1.56. The number of hydrogen-bond donors (Lipinski definition) is 1. The number of cyclic esters (lactones) is 1. The lowest BCUT2D eigenvalue weighted by molar-refractivity contribution is -0.295. The van der Waals surface area contributed by atoms with Crippen LogP contribution in [-0.4, -0.2) is 134 Å². The second-order valence-corrected chi connectivity index (χ2v) is 16.0. The summed E-state index contributed by atoms with van der Waals surface area (Å²) >= 11 is 0. The van der Waals surface area contributed by atoms with E-state index in [2.05, 4.69) is 18.9 Å². The smallest absolute Gasteiger partial charge is 0.319 e. The topological polar surface area (TPSA) is 118 Å². The average Bonchev–Trinajstić information content (AvgIpc) is 3.06. The van der Waals surface area contributed by atoms with Crippen LogP contribution in [0.2, 0.25) is 0 Å². The number of hydrogen-bond acceptors (Lipinski definition) is 10. The molecule has 1 aromatic carbocycles. The molecule has 0 radical (unpaired) electrons. The number of aliphatic hydroxyl groups is 1. The third-order valence-electron chi connectivity index (χ3n) is 11.5. The van der Waals surface area contributed by atoms with Crippen LogP contribution < -0.4 is 0 Å². The van der Waals surface area contributed by atoms with Crippen LogP contribution in [0, 0.1) is 17.3 Å². The van der Waals surface area contributed by atoms with Gasteiger partial charge in [-0.1, -0.05) is 44.2 Å². The predicted molar refractivity (Wildman–Crippen MR) is 187 cm³/mol. The number of piperidine rings is 1. The first-order chi connectivity index (χ1) is 22.9. The van der Waals surface area contributed by atoms with Crippen molar-refractivity contribution >= 4 is 17.7 Å². The van der Waals surface area contributed by atoms with Crippen molar-refractivity contribution in [3.05, 3.63) is 35.9 Å². The van der Waals surface area contributed by atoms with Crippen LogP contribution in [0.4, 0.5) is 0 Å². The fraction of sp³-hybridized carbons (Fsp3) is 0.763. The Morgan fingerprint density at radius 2 is 1.69 bits per heavy atom. The first-order valence-corrected chi connectivity index (χ1v) is 17.9. The summed E-state index contributed by atoms with van der Waals surface area (Å²) in [6, 6.07) is 9.55. The van der Waals surface area contributed by atoms with Crippen LogP contribution in [-0.2, 0) is 39.8 Å². The Morgan fingerprint density at radius 1 is 1.06 bits per heavy atom. The fourth-order valence-corrected chi connectivity index (χ4v) is 8.20. The largest absolute Gasteiger partial charge is 0.463 e. The number of carbonyl (C=O) groups excluding carboxylic acids is 3. The minimum absolute atomic E-state index is 0.0769. The lowest BCUT2D eigenvalue weighted by atomic mass is 9.74. The monoisotopic (exact) mass is 687 g/mol. The predicted octanol–water partition coefficient (Wildman–Crippen LogP) is 3.55. The second-order valence-electron chi connectivity index (χ2n) is 16.0. The van der Waals surface area contributed by atoms with Gasteiger partial charge in [0.05, 0.1) is 29.8 Å². The molecule has 1 N–H and O–H groups in total. The van der Waals surface area contributed by atoms with E-state index in [-0.39, 0.29) is 36.4 Å². The van der Waals surface area contributed by atoms with Crippen LogP contribution in [0.3, 0.4) is 0 Å². The summed E-state index contributed by atoms with van der Waals surface area (Å²) in [5.41, 5.74) is -1.98. The van der Waals surface area contributed by atoms with Gasteiger partial charge < -0.3 is 33.9 Å². The number of likely N-dealkylation sites (tertiary alicyclic amines) is 1. The number of likely N-dealkylation sites (N-methyl/N-ethyl adjacent to an activating group) is 2. The van der Waals surface area contributed by atoms with Crippen LogP contribution in [0.25, 0.3) is 0 Å². The fourth-order valence-electron chi connectivity index (χ4n) is 8.20. The molecule has 276 valence electrons. The Balaban J connectivity index is 1.61. The summed E-state index contributed by atoms with van der Waals surface area (Å²) in [6.45, 7) is 12.9. The molecule has 11 nitrogen and oxygen atoms in total. The third-order valence-corrected chi connectivity index (χ3v) is 11.5. The van der Waals surface area contributed by atoms with E-state index in [0.717, 1.165) is 5.56 Å². The first-order valence-electron chi connectivity index (χ1n) is 17.9. The summed E-state index contributed by atoms with van der Waals surface area (Å²) in [7, 11) is 7.50. The van der Waals surface area contributed by atoms with Gasteiger partial charge in [0.25, 0.3) is 0 Å². The highest BCUT2D eigenvalue weighted by molar-refractivity contribution is 6.04. The normalized spacial score (nSPS) is 34.9. The molecule has 3 saturated heterocycles. The molecule has 0 unspecified atom stereocenters. The van der Waals surface area contributed by atoms with Crippen molar-refractivity contribution in [3.8, 4) is 0 Å². The molecule has 0 aliphatic carbocycles. The van der Waals surface area contributed by atoms with Crippen molar-refractivity contribution in [1.82, 2.24) is 14.7 Å². The van der Waals surface area contributed by atoms with Gasteiger partial charge in [0, 0.05) is 38.7 Å². The summed E-state index contributed by atoms with van der Waals surface area (Å²) in [5, 5.41) is 11.4. The maximum Gasteiger partial charge on any atom is 0.319 e. The standard InChI is InChI=1S/C38H61N3O8/c1-25-22-37(6,46-10)33(49-34-31(43)29(39(7)8)20-26(2)48-34)27(3)32(44)36(4,5)35(45)47-24-38(40(9)23-25)16-18-41(19-17-38)30(42)21-28-14-12-11-13-15-28/h11-15,25-27,29,31,33-34,43H,16-24H2,1-10H3/t25-,26-,27+,29+,31-,33-,34+,37-/m1/s1. The summed E-state index contributed by atoms with van der Waals surface area (Å²) < 4.78 is 25.1. The number of ketones is 1. The number of aliphatic hydroxyl groups excluding tert-OH is 1. The Labute approximate surface area is 293 Å². The maximum absolute atomic E-state index is 14.3. The minimum atomic E-state index is -1.48. The number of ether oxygens (including phenoxy) is 4. The van der Waals surface area contributed by atoms with Gasteiger partial charge in [-0.3, -0.25) is 19.3 Å². The highest BCUT2D eigenvalue weighted by atomic mass is 16.7. The van der Waals surface area contributed by atoms with Crippen LogP contribution in [0.5, 0.6) is 0 Å². The molecule has 8 atom stereocenters. The Morgan fingerprint density at radius 3 is 2.29 bits per heavy atom. The highest BCUT2D eigenvalue weighted by Gasteiger charge is 2.52. The number of rotatable bonds is 6. The van der Waals surface area contributed by atoms with E-state index in [4.69, 9.17) is 18.9 Å². The van der Waals surface area contributed by atoms with Crippen molar-refractivity contribution in [3.63, 3.8) is 0 Å². The van der Waals surface area contributed by atoms with E-state index >= 15 is 0 Å². The molecule has 1 aromatic rings. The molecule has 0 saturated carbocycles. The van der Waals surface area contributed by atoms with Crippen LogP contribution >= 0.6 is 0 Å². The molecule has 11 heteroatoms. The number of methoxy groups -OCH3 is 1. The summed E-state index contributed by atoms with van der Waals surface area (Å²) in [4.78, 5) is 47.5. The van der Waals surface area contributed by atoms with Gasteiger partial charge in [-0.25, -0.2) is 0 Å². The second kappa shape index (κ2) is 15.9. The number of nitrogens with zero attached hydrogens (tertiary/aromatic N) is 3. The summed E-state index contributed by atoms with van der Waals surface area (Å²) in [6.07, 6.45) is -0.179. The Bertz CT molecular complexity index is 1280. The molecule has 3 aliphatic heterocycles. The van der Waals surface area contributed by atoms with Crippen molar-refractivity contribution in [2.75, 3.05) is 54.5 Å². The zero-order chi connectivity index (χ0) is 36.3. The lowest BCUT2D eigenvalue weighted by Gasteiger charge is -2.48. The van der Waals surface area contributed by atoms with Gasteiger partial charge in [-0.05, 0) is 86.0 Å². The first kappa shape index (κ1) is 39.4. The maximum atomic E-state index is 14.3. The van der Waals surface area contributed by atoms with Gasteiger partial charge in [0.1, 0.15) is 18.1 Å². The number of esters is 1. The van der Waals surface area contributed by atoms with E-state index in [0.29, 0.717) is 51.7 Å². The molecule has 1 spiro atoms. The molecule has 3 aliphatic rings. The molecule has 3 heterocycles. The molecular weight excluding hydrogens is 626 g/mol. The van der Waals surface area contributed by atoms with E-state index in [1.165, 1.54) is 0 Å². The molecule has 0 bridgehead atoms. The molecule has 4 rings (SSSR count). The molecule has 0 aromatic heterocycles. The highest BCUT2D eigenvalue weighted by Crippen LogP contribution is 2.39. The Kier molecular flexibility index (Phi) is 12.7. The Hall–Kier alpha value is -2.41. The van der Waals surface area contributed by atoms with Crippen molar-refractivity contribution in [1.29, 1.82) is 0 Å². The number of amides is 1.